The molecule has 7 nitrogen and oxygen atoms in total. The molecule has 1 unspecified atom stereocenters. The first-order valence-electron chi connectivity index (χ1n) is 9.80. The summed E-state index contributed by atoms with van der Waals surface area (Å²) in [5, 5.41) is 0. The van der Waals surface area contributed by atoms with E-state index in [0.717, 1.165) is 63.8 Å². The van der Waals surface area contributed by atoms with Crippen molar-refractivity contribution in [1.29, 1.82) is 0 Å². The molecule has 2 aliphatic rings. The Labute approximate surface area is 154 Å². The van der Waals surface area contributed by atoms with E-state index in [0.29, 0.717) is 5.92 Å². The molecule has 1 N–H and O–H groups in total. The van der Waals surface area contributed by atoms with E-state index in [1.807, 2.05) is 12.5 Å². The Morgan fingerprint density at radius 2 is 2.08 bits per heavy atom. The van der Waals surface area contributed by atoms with Crippen molar-refractivity contribution in [3.8, 4) is 0 Å². The molecule has 4 rings (SSSR count). The van der Waals surface area contributed by atoms with Gasteiger partial charge in [-0.05, 0) is 39.2 Å². The zero-order valence-electron chi connectivity index (χ0n) is 15.5. The number of aryl methyl sites for hydroxylation is 1. The van der Waals surface area contributed by atoms with Crippen LogP contribution in [0.5, 0.6) is 0 Å². The average molecular weight is 356 g/mol. The van der Waals surface area contributed by atoms with Gasteiger partial charge in [0.2, 0.25) is 5.95 Å². The summed E-state index contributed by atoms with van der Waals surface area (Å²) < 4.78 is 2.20. The highest BCUT2D eigenvalue weighted by atomic mass is 16.1. The molecule has 140 valence electrons. The molecule has 0 saturated carbocycles. The predicted octanol–water partition coefficient (Wildman–Crippen LogP) is 1.97. The summed E-state index contributed by atoms with van der Waals surface area (Å²) in [5.41, 5.74) is 2.17. The Morgan fingerprint density at radius 3 is 2.88 bits per heavy atom. The maximum absolute atomic E-state index is 12.2. The van der Waals surface area contributed by atoms with Crippen LogP contribution in [-0.2, 0) is 13.1 Å². The van der Waals surface area contributed by atoms with Crippen LogP contribution in [0.15, 0.2) is 23.4 Å². The molecule has 1 atom stereocenters. The number of H-pyrrole nitrogens is 1. The molecule has 0 amide bonds. The lowest BCUT2D eigenvalue weighted by Gasteiger charge is -2.32. The van der Waals surface area contributed by atoms with Gasteiger partial charge in [0.25, 0.3) is 5.56 Å². The molecule has 0 aromatic carbocycles. The van der Waals surface area contributed by atoms with E-state index >= 15 is 0 Å². The number of anilines is 1. The number of nitrogens with one attached hydrogen (secondary N) is 1. The first-order valence-corrected chi connectivity index (χ1v) is 9.80. The van der Waals surface area contributed by atoms with E-state index < -0.39 is 0 Å². The fraction of sp³-hybridized carbons (Fsp3) is 0.632. The number of piperidine rings is 1. The largest absolute Gasteiger partial charge is 0.342 e. The molecular formula is C19H28N6O. The van der Waals surface area contributed by atoms with Crippen molar-refractivity contribution >= 4 is 5.95 Å². The van der Waals surface area contributed by atoms with Crippen LogP contribution in [0.25, 0.3) is 0 Å². The maximum atomic E-state index is 12.2. The third-order valence-corrected chi connectivity index (χ3v) is 5.60. The van der Waals surface area contributed by atoms with E-state index in [-0.39, 0.29) is 5.56 Å². The minimum atomic E-state index is -0.0296. The standard InChI is InChI=1S/C19H28N6O/c1-2-24-14-20-11-16(24)13-23-7-5-6-15(12-23)17-10-18(26)22-19(21-17)25-8-3-4-9-25/h10-11,14-15H,2-9,12-13H2,1H3,(H,21,22,26). The first-order chi connectivity index (χ1) is 12.7. The lowest BCUT2D eigenvalue weighted by molar-refractivity contribution is 0.194. The van der Waals surface area contributed by atoms with Gasteiger partial charge in [0.15, 0.2) is 0 Å². The predicted molar refractivity (Wildman–Crippen MR) is 101 cm³/mol. The topological polar surface area (TPSA) is 70.1 Å². The van der Waals surface area contributed by atoms with Gasteiger partial charge in [-0.2, -0.15) is 0 Å². The van der Waals surface area contributed by atoms with Gasteiger partial charge in [0, 0.05) is 50.9 Å². The molecule has 4 heterocycles. The second-order valence-corrected chi connectivity index (χ2v) is 7.43. The second-order valence-electron chi connectivity index (χ2n) is 7.43. The van der Waals surface area contributed by atoms with Crippen LogP contribution in [0, 0.1) is 0 Å². The fourth-order valence-corrected chi connectivity index (χ4v) is 4.19. The van der Waals surface area contributed by atoms with Crippen molar-refractivity contribution in [2.24, 2.45) is 0 Å². The Balaban J connectivity index is 1.49. The molecule has 0 radical (unpaired) electrons. The Kier molecular flexibility index (Phi) is 5.06. The van der Waals surface area contributed by atoms with Gasteiger partial charge in [-0.25, -0.2) is 9.97 Å². The van der Waals surface area contributed by atoms with Crippen LogP contribution in [0.4, 0.5) is 5.95 Å². The van der Waals surface area contributed by atoms with Gasteiger partial charge in [-0.15, -0.1) is 0 Å². The van der Waals surface area contributed by atoms with E-state index in [2.05, 4.69) is 31.3 Å². The quantitative estimate of drug-likeness (QED) is 0.887. The van der Waals surface area contributed by atoms with E-state index in [4.69, 9.17) is 4.98 Å². The van der Waals surface area contributed by atoms with Crippen LogP contribution >= 0.6 is 0 Å². The lowest BCUT2D eigenvalue weighted by atomic mass is 9.94. The molecule has 7 heteroatoms. The average Bonchev–Trinajstić information content (AvgIpc) is 3.33. The second kappa shape index (κ2) is 7.61. The smallest absolute Gasteiger partial charge is 0.252 e. The summed E-state index contributed by atoms with van der Waals surface area (Å²) in [6.07, 6.45) is 8.45. The summed E-state index contributed by atoms with van der Waals surface area (Å²) in [6.45, 7) is 8.02. The highest BCUT2D eigenvalue weighted by Crippen LogP contribution is 2.27. The number of aromatic nitrogens is 4. The van der Waals surface area contributed by atoms with Crippen LogP contribution in [-0.4, -0.2) is 50.6 Å². The molecule has 0 aliphatic carbocycles. The molecule has 2 aromatic heterocycles. The Morgan fingerprint density at radius 1 is 1.23 bits per heavy atom. The number of likely N-dealkylation sites (tertiary alicyclic amines) is 1. The number of rotatable bonds is 5. The molecule has 2 aliphatic heterocycles. The number of hydrogen-bond donors (Lipinski definition) is 1. The van der Waals surface area contributed by atoms with Crippen LogP contribution in [0.1, 0.15) is 49.9 Å². The third-order valence-electron chi connectivity index (χ3n) is 5.60. The minimum Gasteiger partial charge on any atom is -0.342 e. The molecule has 26 heavy (non-hydrogen) atoms. The van der Waals surface area contributed by atoms with Crippen LogP contribution in [0.2, 0.25) is 0 Å². The van der Waals surface area contributed by atoms with Crippen molar-refractivity contribution in [3.05, 3.63) is 40.3 Å². The van der Waals surface area contributed by atoms with E-state index in [9.17, 15) is 4.79 Å². The van der Waals surface area contributed by atoms with Crippen molar-refractivity contribution in [3.63, 3.8) is 0 Å². The van der Waals surface area contributed by atoms with Gasteiger partial charge < -0.3 is 9.47 Å². The number of aromatic amines is 1. The normalized spacial score (nSPS) is 21.4. The Hall–Kier alpha value is -2.15. The number of hydrogen-bond acceptors (Lipinski definition) is 5. The summed E-state index contributed by atoms with van der Waals surface area (Å²) in [7, 11) is 0. The van der Waals surface area contributed by atoms with E-state index in [1.165, 1.54) is 18.5 Å². The summed E-state index contributed by atoms with van der Waals surface area (Å²) >= 11 is 0. The lowest BCUT2D eigenvalue weighted by Crippen LogP contribution is -2.35. The fourth-order valence-electron chi connectivity index (χ4n) is 4.19. The number of nitrogens with zero attached hydrogens (tertiary/aromatic N) is 5. The summed E-state index contributed by atoms with van der Waals surface area (Å²) in [4.78, 5) is 28.9. The van der Waals surface area contributed by atoms with Gasteiger partial charge in [0.1, 0.15) is 0 Å². The Bertz CT molecular complexity index is 791. The zero-order valence-corrected chi connectivity index (χ0v) is 15.5. The van der Waals surface area contributed by atoms with E-state index in [1.54, 1.807) is 6.07 Å². The van der Waals surface area contributed by atoms with Crippen LogP contribution < -0.4 is 10.5 Å². The third kappa shape index (κ3) is 3.67. The highest BCUT2D eigenvalue weighted by molar-refractivity contribution is 5.32. The van der Waals surface area contributed by atoms with Crippen molar-refractivity contribution < 1.29 is 0 Å². The van der Waals surface area contributed by atoms with Gasteiger partial charge >= 0.3 is 0 Å². The van der Waals surface area contributed by atoms with Crippen LogP contribution in [0.3, 0.4) is 0 Å². The van der Waals surface area contributed by atoms with Crippen molar-refractivity contribution in [1.82, 2.24) is 24.4 Å². The summed E-state index contributed by atoms with van der Waals surface area (Å²) in [5.74, 6) is 1.08. The highest BCUT2D eigenvalue weighted by Gasteiger charge is 2.25. The minimum absolute atomic E-state index is 0.0296. The summed E-state index contributed by atoms with van der Waals surface area (Å²) in [6, 6.07) is 1.70. The zero-order chi connectivity index (χ0) is 17.9. The van der Waals surface area contributed by atoms with Crippen molar-refractivity contribution in [2.45, 2.75) is 51.6 Å². The molecule has 0 bridgehead atoms. The molecule has 2 aromatic rings. The van der Waals surface area contributed by atoms with Gasteiger partial charge in [0.05, 0.1) is 17.7 Å². The van der Waals surface area contributed by atoms with Crippen molar-refractivity contribution in [2.75, 3.05) is 31.1 Å². The van der Waals surface area contributed by atoms with Gasteiger partial charge in [-0.1, -0.05) is 0 Å². The molecule has 2 fully saturated rings. The van der Waals surface area contributed by atoms with Gasteiger partial charge in [-0.3, -0.25) is 14.7 Å². The number of imidazole rings is 1. The first kappa shape index (κ1) is 17.3. The maximum Gasteiger partial charge on any atom is 0.252 e. The monoisotopic (exact) mass is 356 g/mol. The molecular weight excluding hydrogens is 328 g/mol. The SMILES string of the molecule is CCn1cncc1CN1CCCC(c2cc(=O)[nH]c(N3CCCC3)n2)C1. The molecule has 0 spiro atoms. The molecule has 2 saturated heterocycles.